The predicted octanol–water partition coefficient (Wildman–Crippen LogP) is 5.52. The number of nitrogens with zero attached hydrogens (tertiary/aromatic N) is 2. The highest BCUT2D eigenvalue weighted by atomic mass is 35.5. The molecule has 4 rings (SSSR count). The zero-order chi connectivity index (χ0) is 19.9. The molecule has 1 aromatic heterocycles. The molecule has 142 valence electrons. The van der Waals surface area contributed by atoms with Gasteiger partial charge in [-0.15, -0.1) is 0 Å². The summed E-state index contributed by atoms with van der Waals surface area (Å²) in [5.41, 5.74) is 0.583. The minimum Gasteiger partial charge on any atom is -0.361 e. The number of rotatable bonds is 3. The smallest absolute Gasteiger partial charge is 0.361 e. The molecular weight excluding hydrogens is 391 g/mol. The number of amides is 1. The Hall–Kier alpha value is -3.06. The van der Waals surface area contributed by atoms with E-state index < -0.39 is 17.9 Å². The van der Waals surface area contributed by atoms with Crippen molar-refractivity contribution in [3.8, 4) is 0 Å². The molecular formula is C20H13ClF3N3O. The van der Waals surface area contributed by atoms with E-state index in [1.54, 1.807) is 36.4 Å². The van der Waals surface area contributed by atoms with Crippen LogP contribution in [0.2, 0.25) is 5.02 Å². The fourth-order valence-electron chi connectivity index (χ4n) is 3.15. The number of aromatic nitrogens is 1. The molecule has 1 amide bonds. The maximum atomic E-state index is 13.0. The molecule has 1 aliphatic rings. The summed E-state index contributed by atoms with van der Waals surface area (Å²) in [5.74, 6) is 0.0463. The topological polar surface area (TPSA) is 45.2 Å². The van der Waals surface area contributed by atoms with Gasteiger partial charge in [0.2, 0.25) is 0 Å². The minimum atomic E-state index is -4.46. The molecule has 1 N–H and O–H groups in total. The molecule has 1 unspecified atom stereocenters. The number of carbonyl (C=O) groups is 1. The highest BCUT2D eigenvalue weighted by Crippen LogP contribution is 2.38. The molecule has 0 radical (unpaired) electrons. The second-order valence-electron chi connectivity index (χ2n) is 6.22. The average molecular weight is 404 g/mol. The fraction of sp³-hybridized carbons (Fsp3) is 0.100. The molecule has 4 nitrogen and oxygen atoms in total. The number of anilines is 2. The van der Waals surface area contributed by atoms with Gasteiger partial charge in [-0.2, -0.15) is 13.2 Å². The van der Waals surface area contributed by atoms with E-state index in [-0.39, 0.29) is 11.6 Å². The van der Waals surface area contributed by atoms with Gasteiger partial charge in [0.15, 0.2) is 0 Å². The van der Waals surface area contributed by atoms with Crippen LogP contribution in [0.25, 0.3) is 0 Å². The molecule has 1 aliphatic heterocycles. The van der Waals surface area contributed by atoms with E-state index in [9.17, 15) is 18.0 Å². The van der Waals surface area contributed by atoms with Gasteiger partial charge in [-0.3, -0.25) is 9.69 Å². The summed E-state index contributed by atoms with van der Waals surface area (Å²) in [6.07, 6.45) is -3.76. The van der Waals surface area contributed by atoms with Crippen molar-refractivity contribution in [2.24, 2.45) is 0 Å². The second-order valence-corrected chi connectivity index (χ2v) is 6.66. The Morgan fingerprint density at radius 3 is 2.54 bits per heavy atom. The minimum absolute atomic E-state index is 0.239. The summed E-state index contributed by atoms with van der Waals surface area (Å²) >= 11 is 5.88. The molecule has 28 heavy (non-hydrogen) atoms. The second kappa shape index (κ2) is 6.83. The normalized spacial score (nSPS) is 16.2. The molecule has 8 heteroatoms. The Balaban J connectivity index is 1.76. The van der Waals surface area contributed by atoms with E-state index in [2.05, 4.69) is 10.3 Å². The zero-order valence-electron chi connectivity index (χ0n) is 14.2. The molecule has 0 spiro atoms. The van der Waals surface area contributed by atoms with Crippen molar-refractivity contribution in [1.29, 1.82) is 0 Å². The highest BCUT2D eigenvalue weighted by Gasteiger charge is 2.38. The first-order valence-corrected chi connectivity index (χ1v) is 8.70. The Labute approximate surface area is 163 Å². The van der Waals surface area contributed by atoms with E-state index in [1.807, 2.05) is 0 Å². The third kappa shape index (κ3) is 3.29. The Bertz CT molecular complexity index is 1040. The van der Waals surface area contributed by atoms with Crippen molar-refractivity contribution in [3.05, 3.63) is 88.6 Å². The van der Waals surface area contributed by atoms with Crippen LogP contribution in [0, 0.1) is 0 Å². The van der Waals surface area contributed by atoms with E-state index in [0.29, 0.717) is 22.0 Å². The monoisotopic (exact) mass is 403 g/mol. The van der Waals surface area contributed by atoms with Gasteiger partial charge in [0.1, 0.15) is 12.0 Å². The van der Waals surface area contributed by atoms with Crippen molar-refractivity contribution < 1.29 is 18.0 Å². The van der Waals surface area contributed by atoms with E-state index in [4.69, 9.17) is 11.6 Å². The van der Waals surface area contributed by atoms with Crippen LogP contribution in [-0.4, -0.2) is 10.9 Å². The van der Waals surface area contributed by atoms with Gasteiger partial charge in [0.25, 0.3) is 5.91 Å². The number of pyridine rings is 1. The van der Waals surface area contributed by atoms with Crippen molar-refractivity contribution in [2.75, 3.05) is 10.2 Å². The van der Waals surface area contributed by atoms with Gasteiger partial charge in [-0.05, 0) is 36.4 Å². The van der Waals surface area contributed by atoms with Crippen LogP contribution in [-0.2, 0) is 6.18 Å². The van der Waals surface area contributed by atoms with Gasteiger partial charge >= 0.3 is 6.18 Å². The molecule has 2 aromatic carbocycles. The molecule has 0 saturated heterocycles. The van der Waals surface area contributed by atoms with E-state index in [1.165, 1.54) is 23.2 Å². The van der Waals surface area contributed by atoms with Crippen LogP contribution in [0.1, 0.15) is 27.7 Å². The first kappa shape index (κ1) is 18.3. The van der Waals surface area contributed by atoms with Gasteiger partial charge in [0.05, 0.1) is 10.6 Å². The van der Waals surface area contributed by atoms with Gasteiger partial charge in [-0.1, -0.05) is 35.9 Å². The lowest BCUT2D eigenvalue weighted by atomic mass is 10.1. The van der Waals surface area contributed by atoms with Crippen LogP contribution < -0.4 is 10.2 Å². The van der Waals surface area contributed by atoms with Crippen LogP contribution in [0.5, 0.6) is 0 Å². The average Bonchev–Trinajstić information content (AvgIpc) is 2.94. The molecule has 2 heterocycles. The molecule has 1 atom stereocenters. The van der Waals surface area contributed by atoms with Crippen molar-refractivity contribution in [2.45, 2.75) is 12.3 Å². The maximum Gasteiger partial charge on any atom is 0.416 e. The Morgan fingerprint density at radius 1 is 1.04 bits per heavy atom. The summed E-state index contributed by atoms with van der Waals surface area (Å²) in [7, 11) is 0. The number of nitrogens with one attached hydrogen (secondary N) is 1. The number of alkyl halides is 3. The number of hydrogen-bond donors (Lipinski definition) is 1. The van der Waals surface area contributed by atoms with Crippen LogP contribution in [0.3, 0.4) is 0 Å². The fourth-order valence-corrected chi connectivity index (χ4v) is 3.26. The number of benzene rings is 2. The van der Waals surface area contributed by atoms with Gasteiger partial charge in [0, 0.05) is 23.0 Å². The van der Waals surface area contributed by atoms with Crippen LogP contribution in [0.15, 0.2) is 66.9 Å². The molecule has 0 fully saturated rings. The molecule has 3 aromatic rings. The van der Waals surface area contributed by atoms with Crippen molar-refractivity contribution in [3.63, 3.8) is 0 Å². The van der Waals surface area contributed by atoms with Crippen LogP contribution in [0.4, 0.5) is 24.7 Å². The summed E-state index contributed by atoms with van der Waals surface area (Å²) < 4.78 is 39.1. The maximum absolute atomic E-state index is 13.0. The molecule has 0 bridgehead atoms. The number of hydrogen-bond acceptors (Lipinski definition) is 3. The molecule has 0 saturated carbocycles. The third-order valence-electron chi connectivity index (χ3n) is 4.41. The van der Waals surface area contributed by atoms with Gasteiger partial charge < -0.3 is 5.32 Å². The number of halogens is 4. The van der Waals surface area contributed by atoms with Gasteiger partial charge in [-0.25, -0.2) is 4.98 Å². The summed E-state index contributed by atoms with van der Waals surface area (Å²) in [4.78, 5) is 18.5. The molecule has 0 aliphatic carbocycles. The highest BCUT2D eigenvalue weighted by molar-refractivity contribution is 6.30. The number of carbonyl (C=O) groups excluding carboxylic acids is 1. The summed E-state index contributed by atoms with van der Waals surface area (Å²) in [5, 5.41) is 3.45. The van der Waals surface area contributed by atoms with Crippen molar-refractivity contribution >= 4 is 29.0 Å². The Kier molecular flexibility index (Phi) is 4.47. The number of fused-ring (bicyclic) bond motifs is 1. The standard InChI is InChI=1S/C20H13ClF3N3O/c21-13-8-9-17(25-11-13)27-18(15-6-1-2-7-16(15)19(27)28)26-14-5-3-4-12(10-14)20(22,23)24/h1-11,18,26H. The summed E-state index contributed by atoms with van der Waals surface area (Å²) in [6.45, 7) is 0. The first-order chi connectivity index (χ1) is 13.3. The first-order valence-electron chi connectivity index (χ1n) is 8.32. The predicted molar refractivity (Wildman–Crippen MR) is 100 cm³/mol. The van der Waals surface area contributed by atoms with Crippen molar-refractivity contribution in [1.82, 2.24) is 4.98 Å². The lowest BCUT2D eigenvalue weighted by molar-refractivity contribution is -0.137. The quantitative estimate of drug-likeness (QED) is 0.625. The van der Waals surface area contributed by atoms with E-state index in [0.717, 1.165) is 12.1 Å². The van der Waals surface area contributed by atoms with E-state index >= 15 is 0 Å². The van der Waals surface area contributed by atoms with Crippen LogP contribution >= 0.6 is 11.6 Å². The SMILES string of the molecule is O=C1c2ccccc2C(Nc2cccc(C(F)(F)F)c2)N1c1ccc(Cl)cn1. The zero-order valence-corrected chi connectivity index (χ0v) is 15.0. The largest absolute Gasteiger partial charge is 0.416 e. The lowest BCUT2D eigenvalue weighted by Crippen LogP contribution is -2.33. The third-order valence-corrected chi connectivity index (χ3v) is 4.64. The Morgan fingerprint density at radius 2 is 1.82 bits per heavy atom. The summed E-state index contributed by atoms with van der Waals surface area (Å²) in [6, 6.07) is 15.0. The lowest BCUT2D eigenvalue weighted by Gasteiger charge is -2.26.